The molecule has 0 saturated carbocycles. The summed E-state index contributed by atoms with van der Waals surface area (Å²) in [6, 6.07) is 25.0. The molecule has 0 aliphatic carbocycles. The van der Waals surface area contributed by atoms with Gasteiger partial charge >= 0.3 is 0 Å². The van der Waals surface area contributed by atoms with Gasteiger partial charge in [0, 0.05) is 16.0 Å². The highest BCUT2D eigenvalue weighted by Crippen LogP contribution is 2.34. The van der Waals surface area contributed by atoms with Crippen LogP contribution in [0.2, 0.25) is 5.02 Å². The third kappa shape index (κ3) is 3.04. The van der Waals surface area contributed by atoms with Crippen LogP contribution in [0.4, 0.5) is 0 Å². The zero-order chi connectivity index (χ0) is 17.4. The van der Waals surface area contributed by atoms with E-state index in [9.17, 15) is 0 Å². The van der Waals surface area contributed by atoms with E-state index in [1.807, 2.05) is 24.3 Å². The van der Waals surface area contributed by atoms with Gasteiger partial charge in [-0.25, -0.2) is 4.98 Å². The number of hydrogen-bond acceptors (Lipinski definition) is 1. The molecular weight excluding hydrogens is 326 g/mol. The zero-order valence-corrected chi connectivity index (χ0v) is 15.0. The van der Waals surface area contributed by atoms with E-state index in [0.717, 1.165) is 27.2 Å². The van der Waals surface area contributed by atoms with Crippen LogP contribution in [0.3, 0.4) is 0 Å². The van der Waals surface area contributed by atoms with Crippen LogP contribution in [0, 0.1) is 13.8 Å². The van der Waals surface area contributed by atoms with Gasteiger partial charge in [0.05, 0.1) is 11.2 Å². The number of rotatable bonds is 2. The van der Waals surface area contributed by atoms with Crippen molar-refractivity contribution in [1.82, 2.24) is 4.98 Å². The Bertz CT molecular complexity index is 1070. The minimum Gasteiger partial charge on any atom is -0.248 e. The molecule has 122 valence electrons. The second-order valence-corrected chi connectivity index (χ2v) is 6.84. The summed E-state index contributed by atoms with van der Waals surface area (Å²) in [6.07, 6.45) is 0. The van der Waals surface area contributed by atoms with Crippen molar-refractivity contribution in [3.8, 4) is 22.4 Å². The van der Waals surface area contributed by atoms with Gasteiger partial charge < -0.3 is 0 Å². The highest BCUT2D eigenvalue weighted by molar-refractivity contribution is 6.31. The second kappa shape index (κ2) is 6.34. The first kappa shape index (κ1) is 15.9. The van der Waals surface area contributed by atoms with Crippen molar-refractivity contribution in [2.45, 2.75) is 13.8 Å². The van der Waals surface area contributed by atoms with E-state index < -0.39 is 0 Å². The molecule has 0 aliphatic rings. The number of benzene rings is 3. The number of aromatic nitrogens is 1. The lowest BCUT2D eigenvalue weighted by molar-refractivity contribution is 1.33. The van der Waals surface area contributed by atoms with Gasteiger partial charge in [-0.1, -0.05) is 59.6 Å². The molecule has 0 N–H and O–H groups in total. The molecule has 0 saturated heterocycles. The van der Waals surface area contributed by atoms with Gasteiger partial charge in [-0.3, -0.25) is 0 Å². The molecule has 0 atom stereocenters. The van der Waals surface area contributed by atoms with Crippen LogP contribution >= 0.6 is 11.6 Å². The van der Waals surface area contributed by atoms with Crippen molar-refractivity contribution >= 4 is 22.5 Å². The third-order valence-electron chi connectivity index (χ3n) is 4.52. The summed E-state index contributed by atoms with van der Waals surface area (Å²) in [7, 11) is 0. The normalized spacial score (nSPS) is 11.0. The van der Waals surface area contributed by atoms with Crippen molar-refractivity contribution in [1.29, 1.82) is 0 Å². The fourth-order valence-electron chi connectivity index (χ4n) is 3.20. The van der Waals surface area contributed by atoms with Gasteiger partial charge in [-0.2, -0.15) is 0 Å². The molecule has 0 bridgehead atoms. The summed E-state index contributed by atoms with van der Waals surface area (Å²) in [5, 5.41) is 1.80. The Morgan fingerprint density at radius 3 is 2.36 bits per heavy atom. The average Bonchev–Trinajstić information content (AvgIpc) is 2.63. The first-order valence-electron chi connectivity index (χ1n) is 8.35. The van der Waals surface area contributed by atoms with Crippen molar-refractivity contribution in [2.75, 3.05) is 0 Å². The third-order valence-corrected chi connectivity index (χ3v) is 4.76. The molecule has 0 fully saturated rings. The highest BCUT2D eigenvalue weighted by atomic mass is 35.5. The summed E-state index contributed by atoms with van der Waals surface area (Å²) in [5.74, 6) is 0. The Kier molecular flexibility index (Phi) is 4.03. The number of pyridine rings is 1. The molecule has 3 aromatic carbocycles. The fraction of sp³-hybridized carbons (Fsp3) is 0.0870. The van der Waals surface area contributed by atoms with Crippen molar-refractivity contribution in [3.63, 3.8) is 0 Å². The topological polar surface area (TPSA) is 12.9 Å². The van der Waals surface area contributed by atoms with Crippen LogP contribution in [-0.4, -0.2) is 4.98 Å². The van der Waals surface area contributed by atoms with E-state index in [2.05, 4.69) is 62.4 Å². The minimum atomic E-state index is 0.728. The molecule has 0 radical (unpaired) electrons. The van der Waals surface area contributed by atoms with Gasteiger partial charge in [-0.15, -0.1) is 0 Å². The number of nitrogens with zero attached hydrogens (tertiary/aromatic N) is 1. The Morgan fingerprint density at radius 1 is 0.760 bits per heavy atom. The predicted octanol–water partition coefficient (Wildman–Crippen LogP) is 6.84. The van der Waals surface area contributed by atoms with Crippen molar-refractivity contribution in [3.05, 3.63) is 88.9 Å². The predicted molar refractivity (Wildman–Crippen MR) is 107 cm³/mol. The van der Waals surface area contributed by atoms with E-state index in [-0.39, 0.29) is 0 Å². The van der Waals surface area contributed by atoms with E-state index in [1.54, 1.807) is 0 Å². The standard InChI is InChI=1S/C23H18ClN/c1-15-8-9-16(2)19(12-15)23-14-20(17-6-4-3-5-7-17)21-13-18(24)10-11-22(21)25-23/h3-14H,1-2H3. The minimum absolute atomic E-state index is 0.728. The quantitative estimate of drug-likeness (QED) is 0.388. The molecule has 0 spiro atoms. The highest BCUT2D eigenvalue weighted by Gasteiger charge is 2.11. The maximum absolute atomic E-state index is 6.25. The molecule has 4 aromatic rings. The Balaban J connectivity index is 2.05. The van der Waals surface area contributed by atoms with Crippen LogP contribution < -0.4 is 0 Å². The van der Waals surface area contributed by atoms with E-state index in [4.69, 9.17) is 16.6 Å². The van der Waals surface area contributed by atoms with Gasteiger partial charge in [0.15, 0.2) is 0 Å². The van der Waals surface area contributed by atoms with Gasteiger partial charge in [0.25, 0.3) is 0 Å². The van der Waals surface area contributed by atoms with Crippen LogP contribution in [0.15, 0.2) is 72.8 Å². The maximum Gasteiger partial charge on any atom is 0.0718 e. The van der Waals surface area contributed by atoms with Gasteiger partial charge in [0.2, 0.25) is 0 Å². The molecule has 4 rings (SSSR count). The molecule has 0 aliphatic heterocycles. The first-order valence-corrected chi connectivity index (χ1v) is 8.73. The number of aryl methyl sites for hydroxylation is 2. The lowest BCUT2D eigenvalue weighted by Gasteiger charge is -2.13. The smallest absolute Gasteiger partial charge is 0.0718 e. The van der Waals surface area contributed by atoms with Gasteiger partial charge in [-0.05, 0) is 60.9 Å². The molecule has 25 heavy (non-hydrogen) atoms. The zero-order valence-electron chi connectivity index (χ0n) is 14.3. The largest absolute Gasteiger partial charge is 0.248 e. The molecule has 1 nitrogen and oxygen atoms in total. The second-order valence-electron chi connectivity index (χ2n) is 6.40. The Morgan fingerprint density at radius 2 is 1.56 bits per heavy atom. The summed E-state index contributed by atoms with van der Waals surface area (Å²) in [5.41, 5.74) is 7.92. The van der Waals surface area contributed by atoms with Crippen molar-refractivity contribution < 1.29 is 0 Å². The SMILES string of the molecule is Cc1ccc(C)c(-c2cc(-c3ccccc3)c3cc(Cl)ccc3n2)c1. The lowest BCUT2D eigenvalue weighted by Crippen LogP contribution is -1.92. The molecular formula is C23H18ClN. The fourth-order valence-corrected chi connectivity index (χ4v) is 3.38. The van der Waals surface area contributed by atoms with Crippen molar-refractivity contribution in [2.24, 2.45) is 0 Å². The maximum atomic E-state index is 6.25. The van der Waals surface area contributed by atoms with Crippen LogP contribution in [-0.2, 0) is 0 Å². The summed E-state index contributed by atoms with van der Waals surface area (Å²) in [6.45, 7) is 4.24. The molecule has 1 aromatic heterocycles. The monoisotopic (exact) mass is 343 g/mol. The number of fused-ring (bicyclic) bond motifs is 1. The van der Waals surface area contributed by atoms with Crippen LogP contribution in [0.5, 0.6) is 0 Å². The van der Waals surface area contributed by atoms with Crippen LogP contribution in [0.25, 0.3) is 33.3 Å². The molecule has 2 heteroatoms. The van der Waals surface area contributed by atoms with Crippen LogP contribution in [0.1, 0.15) is 11.1 Å². The average molecular weight is 344 g/mol. The van der Waals surface area contributed by atoms with E-state index in [1.165, 1.54) is 22.3 Å². The lowest BCUT2D eigenvalue weighted by atomic mass is 9.96. The number of halogens is 1. The van der Waals surface area contributed by atoms with E-state index >= 15 is 0 Å². The summed E-state index contributed by atoms with van der Waals surface area (Å²) in [4.78, 5) is 4.92. The summed E-state index contributed by atoms with van der Waals surface area (Å²) >= 11 is 6.25. The Labute approximate surface area is 152 Å². The molecule has 0 unspecified atom stereocenters. The molecule has 1 heterocycles. The number of hydrogen-bond donors (Lipinski definition) is 0. The first-order chi connectivity index (χ1) is 12.1. The van der Waals surface area contributed by atoms with E-state index in [0.29, 0.717) is 0 Å². The summed E-state index contributed by atoms with van der Waals surface area (Å²) < 4.78 is 0. The van der Waals surface area contributed by atoms with Gasteiger partial charge in [0.1, 0.15) is 0 Å². The Hall–Kier alpha value is -2.64. The molecule has 0 amide bonds.